The van der Waals surface area contributed by atoms with Crippen molar-refractivity contribution in [2.45, 2.75) is 39.5 Å². The van der Waals surface area contributed by atoms with Crippen LogP contribution in [0.5, 0.6) is 0 Å². The molecule has 0 aromatic carbocycles. The molecular formula is C10H16. The molecule has 3 fully saturated rings. The third-order valence-electron chi connectivity index (χ3n) is 4.34. The van der Waals surface area contributed by atoms with E-state index in [1.807, 2.05) is 0 Å². The fourth-order valence-corrected chi connectivity index (χ4v) is 3.94. The first-order valence-electron chi connectivity index (χ1n) is 4.73. The molecule has 10 heavy (non-hydrogen) atoms. The zero-order valence-electron chi connectivity index (χ0n) is 6.98. The van der Waals surface area contributed by atoms with Gasteiger partial charge in [-0.2, -0.15) is 0 Å². The Balaban J connectivity index is 1.90. The first kappa shape index (κ1) is 5.62. The molecule has 56 valence electrons. The lowest BCUT2D eigenvalue weighted by atomic mass is 10.1. The van der Waals surface area contributed by atoms with E-state index in [0.29, 0.717) is 0 Å². The second kappa shape index (κ2) is 1.19. The molecular weight excluding hydrogens is 120 g/mol. The summed E-state index contributed by atoms with van der Waals surface area (Å²) in [5.74, 6) is 2.13. The van der Waals surface area contributed by atoms with Crippen LogP contribution in [0.2, 0.25) is 0 Å². The Morgan fingerprint density at radius 1 is 1.00 bits per heavy atom. The molecule has 3 aliphatic carbocycles. The lowest BCUT2D eigenvalue weighted by molar-refractivity contribution is 0.495. The summed E-state index contributed by atoms with van der Waals surface area (Å²) in [5, 5.41) is 0. The topological polar surface area (TPSA) is 0 Å². The molecule has 0 unspecified atom stereocenters. The summed E-state index contributed by atoms with van der Waals surface area (Å²) in [7, 11) is 0. The van der Waals surface area contributed by atoms with Gasteiger partial charge in [0.2, 0.25) is 0 Å². The van der Waals surface area contributed by atoms with Crippen LogP contribution in [-0.2, 0) is 0 Å². The maximum Gasteiger partial charge on any atom is -0.0201 e. The maximum absolute atomic E-state index is 2.41. The molecule has 3 rings (SSSR count). The van der Waals surface area contributed by atoms with Crippen LogP contribution in [0.4, 0.5) is 0 Å². The van der Waals surface area contributed by atoms with Crippen LogP contribution >= 0.6 is 0 Å². The highest BCUT2D eigenvalue weighted by atomic mass is 14.9. The molecule has 3 saturated carbocycles. The molecule has 0 heteroatoms. The number of fused-ring (bicyclic) bond motifs is 1. The summed E-state index contributed by atoms with van der Waals surface area (Å²) in [6, 6.07) is 0. The van der Waals surface area contributed by atoms with E-state index in [9.17, 15) is 0 Å². The first-order valence-corrected chi connectivity index (χ1v) is 4.73. The molecule has 0 bridgehead atoms. The van der Waals surface area contributed by atoms with Crippen molar-refractivity contribution in [1.82, 2.24) is 0 Å². The van der Waals surface area contributed by atoms with Crippen LogP contribution in [0.25, 0.3) is 0 Å². The summed E-state index contributed by atoms with van der Waals surface area (Å²) in [4.78, 5) is 0. The smallest absolute Gasteiger partial charge is 0.0201 e. The molecule has 0 N–H and O–H groups in total. The first-order chi connectivity index (χ1) is 4.73. The summed E-state index contributed by atoms with van der Waals surface area (Å²) < 4.78 is 0. The van der Waals surface area contributed by atoms with Crippen molar-refractivity contribution in [3.63, 3.8) is 0 Å². The van der Waals surface area contributed by atoms with Gasteiger partial charge in [-0.05, 0) is 48.3 Å². The van der Waals surface area contributed by atoms with Gasteiger partial charge in [0.1, 0.15) is 0 Å². The highest BCUT2D eigenvalue weighted by Crippen LogP contribution is 2.93. The van der Waals surface area contributed by atoms with Gasteiger partial charge in [-0.3, -0.25) is 0 Å². The Morgan fingerprint density at radius 3 is 1.50 bits per heavy atom. The molecule has 0 atom stereocenters. The Bertz CT molecular complexity index is 164. The van der Waals surface area contributed by atoms with Crippen LogP contribution < -0.4 is 0 Å². The average Bonchev–Trinajstić information content (AvgIpc) is 2.59. The van der Waals surface area contributed by atoms with Gasteiger partial charge in [0, 0.05) is 0 Å². The van der Waals surface area contributed by atoms with Crippen molar-refractivity contribution >= 4 is 0 Å². The van der Waals surface area contributed by atoms with Gasteiger partial charge in [-0.25, -0.2) is 0 Å². The Labute approximate surface area is 63.0 Å². The minimum Gasteiger partial charge on any atom is -0.0625 e. The predicted molar refractivity (Wildman–Crippen MR) is 41.7 cm³/mol. The standard InChI is InChI=1S/C10H16/c1-7(2)8-9(3-4-9)10(8)5-6-10/h7-8H,3-6H2,1-2H3. The molecule has 0 nitrogen and oxygen atoms in total. The van der Waals surface area contributed by atoms with Crippen molar-refractivity contribution in [1.29, 1.82) is 0 Å². The van der Waals surface area contributed by atoms with Gasteiger partial charge >= 0.3 is 0 Å². The molecule has 0 aliphatic heterocycles. The molecule has 0 radical (unpaired) electrons. The number of hydrogen-bond donors (Lipinski definition) is 0. The van der Waals surface area contributed by atoms with Gasteiger partial charge in [-0.1, -0.05) is 13.8 Å². The van der Waals surface area contributed by atoms with E-state index >= 15 is 0 Å². The molecule has 3 aliphatic rings. The van der Waals surface area contributed by atoms with E-state index in [1.165, 1.54) is 0 Å². The second-order valence-electron chi connectivity index (χ2n) is 5.03. The van der Waals surface area contributed by atoms with Gasteiger partial charge in [0.25, 0.3) is 0 Å². The van der Waals surface area contributed by atoms with E-state index in [-0.39, 0.29) is 0 Å². The maximum atomic E-state index is 2.41. The molecule has 0 aromatic heterocycles. The number of rotatable bonds is 1. The molecule has 0 amide bonds. The predicted octanol–water partition coefficient (Wildman–Crippen LogP) is 2.83. The minimum absolute atomic E-state index is 0.946. The summed E-state index contributed by atoms with van der Waals surface area (Å²) in [6.07, 6.45) is 6.32. The van der Waals surface area contributed by atoms with Crippen LogP contribution in [0.15, 0.2) is 0 Å². The molecule has 2 spiro atoms. The van der Waals surface area contributed by atoms with Gasteiger partial charge < -0.3 is 0 Å². The fraction of sp³-hybridized carbons (Fsp3) is 1.00. The largest absolute Gasteiger partial charge is 0.0625 e. The van der Waals surface area contributed by atoms with Gasteiger partial charge in [-0.15, -0.1) is 0 Å². The summed E-state index contributed by atoms with van der Waals surface area (Å²) in [6.45, 7) is 4.83. The zero-order chi connectivity index (χ0) is 6.98. The quantitative estimate of drug-likeness (QED) is 0.520. The van der Waals surface area contributed by atoms with Crippen LogP contribution in [-0.4, -0.2) is 0 Å². The third kappa shape index (κ3) is 0.360. The Hall–Kier alpha value is 0. The van der Waals surface area contributed by atoms with Gasteiger partial charge in [0.15, 0.2) is 0 Å². The lowest BCUT2D eigenvalue weighted by Gasteiger charge is -1.99. The van der Waals surface area contributed by atoms with Crippen LogP contribution in [0.1, 0.15) is 39.5 Å². The van der Waals surface area contributed by atoms with Gasteiger partial charge in [0.05, 0.1) is 0 Å². The van der Waals surface area contributed by atoms with Crippen LogP contribution in [0.3, 0.4) is 0 Å². The third-order valence-corrected chi connectivity index (χ3v) is 4.34. The van der Waals surface area contributed by atoms with Crippen molar-refractivity contribution < 1.29 is 0 Å². The summed E-state index contributed by atoms with van der Waals surface area (Å²) in [5.41, 5.74) is 1.89. The van der Waals surface area contributed by atoms with E-state index < -0.39 is 0 Å². The van der Waals surface area contributed by atoms with E-state index in [1.54, 1.807) is 25.7 Å². The normalized spacial score (nSPS) is 42.9. The van der Waals surface area contributed by atoms with Crippen molar-refractivity contribution in [3.05, 3.63) is 0 Å². The van der Waals surface area contributed by atoms with E-state index in [4.69, 9.17) is 0 Å². The van der Waals surface area contributed by atoms with E-state index in [2.05, 4.69) is 13.8 Å². The van der Waals surface area contributed by atoms with Crippen molar-refractivity contribution in [2.75, 3.05) is 0 Å². The van der Waals surface area contributed by atoms with Crippen molar-refractivity contribution in [3.8, 4) is 0 Å². The average molecular weight is 136 g/mol. The highest BCUT2D eigenvalue weighted by Gasteiger charge is 2.86. The molecule has 0 heterocycles. The Morgan fingerprint density at radius 2 is 1.40 bits per heavy atom. The number of hydrogen-bond acceptors (Lipinski definition) is 0. The van der Waals surface area contributed by atoms with Crippen molar-refractivity contribution in [2.24, 2.45) is 22.7 Å². The Kier molecular flexibility index (Phi) is 0.669. The highest BCUT2D eigenvalue weighted by molar-refractivity contribution is 5.34. The minimum atomic E-state index is 0.946. The fourth-order valence-electron chi connectivity index (χ4n) is 3.94. The zero-order valence-corrected chi connectivity index (χ0v) is 6.98. The second-order valence-corrected chi connectivity index (χ2v) is 5.03. The monoisotopic (exact) mass is 136 g/mol. The lowest BCUT2D eigenvalue weighted by Crippen LogP contribution is -1.92. The molecule has 0 aromatic rings. The summed E-state index contributed by atoms with van der Waals surface area (Å²) >= 11 is 0. The van der Waals surface area contributed by atoms with E-state index in [0.717, 1.165) is 22.7 Å². The SMILES string of the molecule is CC(C)C1C2(CC2)C12CC2. The van der Waals surface area contributed by atoms with Crippen LogP contribution in [0, 0.1) is 22.7 Å². The molecule has 0 saturated heterocycles.